The van der Waals surface area contributed by atoms with E-state index in [0.29, 0.717) is 37.5 Å². The zero-order chi connectivity index (χ0) is 29.8. The van der Waals surface area contributed by atoms with E-state index in [0.717, 1.165) is 32.1 Å². The van der Waals surface area contributed by atoms with Gasteiger partial charge in [0.1, 0.15) is 5.60 Å². The highest BCUT2D eigenvalue weighted by Crippen LogP contribution is 2.15. The summed E-state index contributed by atoms with van der Waals surface area (Å²) < 4.78 is 5.33. The number of ether oxygens (including phenoxy) is 1. The molecule has 0 bridgehead atoms. The van der Waals surface area contributed by atoms with E-state index >= 15 is 0 Å². The molecule has 0 aromatic heterocycles. The Labute approximate surface area is 240 Å². The second-order valence-corrected chi connectivity index (χ2v) is 11.8. The van der Waals surface area contributed by atoms with E-state index in [4.69, 9.17) is 9.57 Å². The first-order valence-corrected chi connectivity index (χ1v) is 15.2. The van der Waals surface area contributed by atoms with Crippen molar-refractivity contribution in [3.8, 4) is 0 Å². The topological polar surface area (TPSA) is 122 Å². The van der Waals surface area contributed by atoms with Gasteiger partial charge in [-0.05, 0) is 40.7 Å². The normalized spacial score (nSPS) is 13.7. The van der Waals surface area contributed by atoms with Crippen molar-refractivity contribution < 1.29 is 33.5 Å². The Morgan fingerprint density at radius 2 is 1.20 bits per heavy atom. The summed E-state index contributed by atoms with van der Waals surface area (Å²) in [4.78, 5) is 65.3. The summed E-state index contributed by atoms with van der Waals surface area (Å²) in [6, 6.07) is 0. The van der Waals surface area contributed by atoms with Gasteiger partial charge in [0.15, 0.2) is 0 Å². The monoisotopic (exact) mass is 567 g/mol. The predicted molar refractivity (Wildman–Crippen MR) is 153 cm³/mol. The summed E-state index contributed by atoms with van der Waals surface area (Å²) >= 11 is 0. The first kappa shape index (κ1) is 35.5. The maximum absolute atomic E-state index is 12.0. The van der Waals surface area contributed by atoms with Crippen LogP contribution in [-0.2, 0) is 33.5 Å². The summed E-state index contributed by atoms with van der Waals surface area (Å²) in [5.74, 6) is -1.64. The minimum absolute atomic E-state index is 0.0463. The molecule has 3 amide bonds. The van der Waals surface area contributed by atoms with Crippen LogP contribution in [0.2, 0.25) is 0 Å². The van der Waals surface area contributed by atoms with Gasteiger partial charge in [-0.15, -0.1) is 5.06 Å². The molecule has 10 nitrogen and oxygen atoms in total. The first-order valence-electron chi connectivity index (χ1n) is 15.2. The number of unbranched alkanes of at least 4 members (excludes halogenated alkanes) is 11. The Balaban J connectivity index is 1.86. The molecular weight excluding hydrogens is 514 g/mol. The molecular formula is C30H53N3O7. The summed E-state index contributed by atoms with van der Waals surface area (Å²) in [6.07, 6.45) is 15.0. The molecule has 0 saturated carbocycles. The number of hydrogen-bond donors (Lipinski definition) is 1. The number of imide groups is 1. The summed E-state index contributed by atoms with van der Waals surface area (Å²) in [7, 11) is 1.83. The highest BCUT2D eigenvalue weighted by molar-refractivity contribution is 6.01. The fraction of sp³-hybridized carbons (Fsp3) is 0.833. The minimum Gasteiger partial charge on any atom is -0.460 e. The van der Waals surface area contributed by atoms with Crippen LogP contribution in [-0.4, -0.2) is 71.9 Å². The predicted octanol–water partition coefficient (Wildman–Crippen LogP) is 4.83. The van der Waals surface area contributed by atoms with Crippen LogP contribution in [0.1, 0.15) is 130 Å². The Morgan fingerprint density at radius 1 is 0.725 bits per heavy atom. The molecule has 230 valence electrons. The van der Waals surface area contributed by atoms with Gasteiger partial charge in [-0.25, -0.2) is 4.79 Å². The molecule has 0 radical (unpaired) electrons. The van der Waals surface area contributed by atoms with Crippen molar-refractivity contribution >= 4 is 29.7 Å². The van der Waals surface area contributed by atoms with Crippen molar-refractivity contribution in [2.75, 3.05) is 26.7 Å². The fourth-order valence-corrected chi connectivity index (χ4v) is 4.39. The number of carbonyl (C=O) groups excluding carboxylic acids is 5. The van der Waals surface area contributed by atoms with E-state index in [1.54, 1.807) is 0 Å². The molecule has 10 heteroatoms. The number of likely N-dealkylation sites (N-methyl/N-ethyl adjacent to an activating group) is 1. The molecule has 1 aliphatic rings. The quantitative estimate of drug-likeness (QED) is 0.112. The van der Waals surface area contributed by atoms with Crippen molar-refractivity contribution in [2.24, 2.45) is 0 Å². The standard InChI is InChI=1S/C30H53N3O7/c1-30(2,3)39-28(37)18-16-14-12-10-8-6-5-7-9-11-13-15-17-25(34)31-22-24-32(4)23-21-29(38)40-33-26(35)19-20-27(33)36/h5-24H2,1-4H3,(H,31,34). The second kappa shape index (κ2) is 20.4. The van der Waals surface area contributed by atoms with Gasteiger partial charge in [-0.3, -0.25) is 19.2 Å². The fourth-order valence-electron chi connectivity index (χ4n) is 4.39. The number of nitrogens with zero attached hydrogens (tertiary/aromatic N) is 2. The van der Waals surface area contributed by atoms with Crippen molar-refractivity contribution in [1.82, 2.24) is 15.3 Å². The van der Waals surface area contributed by atoms with Crippen LogP contribution < -0.4 is 5.32 Å². The van der Waals surface area contributed by atoms with Gasteiger partial charge >= 0.3 is 11.9 Å². The van der Waals surface area contributed by atoms with E-state index in [1.807, 2.05) is 32.7 Å². The number of rotatable bonds is 22. The molecule has 0 aromatic carbocycles. The molecule has 40 heavy (non-hydrogen) atoms. The zero-order valence-corrected chi connectivity index (χ0v) is 25.4. The first-order chi connectivity index (χ1) is 19.0. The highest BCUT2D eigenvalue weighted by atomic mass is 16.7. The number of nitrogens with one attached hydrogen (secondary N) is 1. The lowest BCUT2D eigenvalue weighted by Crippen LogP contribution is -2.35. The smallest absolute Gasteiger partial charge is 0.334 e. The molecule has 1 N–H and O–H groups in total. The largest absolute Gasteiger partial charge is 0.460 e. The third-order valence-electron chi connectivity index (χ3n) is 6.67. The lowest BCUT2D eigenvalue weighted by Gasteiger charge is -2.19. The third-order valence-corrected chi connectivity index (χ3v) is 6.67. The maximum Gasteiger partial charge on any atom is 0.334 e. The molecule has 1 fully saturated rings. The van der Waals surface area contributed by atoms with Gasteiger partial charge in [-0.1, -0.05) is 64.2 Å². The number of carbonyl (C=O) groups is 5. The molecule has 0 aromatic rings. The molecule has 1 heterocycles. The van der Waals surface area contributed by atoms with E-state index in [2.05, 4.69) is 5.32 Å². The minimum atomic E-state index is -0.622. The van der Waals surface area contributed by atoms with Gasteiger partial charge in [0.2, 0.25) is 5.91 Å². The van der Waals surface area contributed by atoms with Crippen LogP contribution in [0.5, 0.6) is 0 Å². The van der Waals surface area contributed by atoms with Gasteiger partial charge in [0.25, 0.3) is 11.8 Å². The Bertz CT molecular complexity index is 779. The maximum atomic E-state index is 12.0. The van der Waals surface area contributed by atoms with Gasteiger partial charge in [0.05, 0.1) is 6.42 Å². The Kier molecular flexibility index (Phi) is 18.1. The number of amides is 3. The van der Waals surface area contributed by atoms with E-state index in [1.165, 1.54) is 44.9 Å². The lowest BCUT2D eigenvalue weighted by atomic mass is 10.0. The van der Waals surface area contributed by atoms with Crippen LogP contribution in [0.15, 0.2) is 0 Å². The van der Waals surface area contributed by atoms with Gasteiger partial charge in [0, 0.05) is 45.3 Å². The van der Waals surface area contributed by atoms with E-state index in [9.17, 15) is 24.0 Å². The summed E-state index contributed by atoms with van der Waals surface area (Å²) in [5, 5.41) is 3.47. The molecule has 0 aliphatic carbocycles. The Hall–Kier alpha value is -2.49. The van der Waals surface area contributed by atoms with Crippen LogP contribution in [0.25, 0.3) is 0 Å². The lowest BCUT2D eigenvalue weighted by molar-refractivity contribution is -0.197. The van der Waals surface area contributed by atoms with Crippen molar-refractivity contribution in [2.45, 2.75) is 136 Å². The summed E-state index contributed by atoms with van der Waals surface area (Å²) in [5.41, 5.74) is -0.392. The molecule has 1 rings (SSSR count). The number of esters is 1. The Morgan fingerprint density at radius 3 is 1.70 bits per heavy atom. The molecule has 1 aliphatic heterocycles. The average molecular weight is 568 g/mol. The number of hydrogen-bond acceptors (Lipinski definition) is 8. The average Bonchev–Trinajstić information content (AvgIpc) is 3.18. The molecule has 0 atom stereocenters. The van der Waals surface area contributed by atoms with Crippen LogP contribution in [0.4, 0.5) is 0 Å². The van der Waals surface area contributed by atoms with Crippen LogP contribution >= 0.6 is 0 Å². The van der Waals surface area contributed by atoms with Gasteiger partial charge < -0.3 is 19.8 Å². The summed E-state index contributed by atoms with van der Waals surface area (Å²) in [6.45, 7) is 7.19. The molecule has 0 spiro atoms. The highest BCUT2D eigenvalue weighted by Gasteiger charge is 2.32. The zero-order valence-electron chi connectivity index (χ0n) is 25.4. The van der Waals surface area contributed by atoms with E-state index in [-0.39, 0.29) is 31.1 Å². The van der Waals surface area contributed by atoms with Gasteiger partial charge in [-0.2, -0.15) is 0 Å². The van der Waals surface area contributed by atoms with Crippen LogP contribution in [0, 0.1) is 0 Å². The number of hydroxylamine groups is 2. The third kappa shape index (κ3) is 18.7. The van der Waals surface area contributed by atoms with E-state index < -0.39 is 23.4 Å². The van der Waals surface area contributed by atoms with Crippen LogP contribution in [0.3, 0.4) is 0 Å². The molecule has 0 unspecified atom stereocenters. The van der Waals surface area contributed by atoms with Crippen molar-refractivity contribution in [3.05, 3.63) is 0 Å². The molecule has 1 saturated heterocycles. The van der Waals surface area contributed by atoms with Crippen molar-refractivity contribution in [3.63, 3.8) is 0 Å². The van der Waals surface area contributed by atoms with Crippen molar-refractivity contribution in [1.29, 1.82) is 0 Å². The SMILES string of the molecule is CN(CCNC(=O)CCCCCCCCCCCCCCC(=O)OC(C)(C)C)CCC(=O)ON1C(=O)CCC1=O. The second-order valence-electron chi connectivity index (χ2n) is 11.8.